The molecule has 0 aliphatic rings. The number of hydrogen-bond donors (Lipinski definition) is 2. The molecular formula is C12H14F3NO2S. The molecule has 1 atom stereocenters. The van der Waals surface area contributed by atoms with E-state index < -0.39 is 17.5 Å². The maximum atomic E-state index is 12.3. The first kappa shape index (κ1) is 15.8. The van der Waals surface area contributed by atoms with Crippen LogP contribution in [0.4, 0.5) is 13.2 Å². The Hall–Kier alpha value is -1.21. The quantitative estimate of drug-likeness (QED) is 0.821. The van der Waals surface area contributed by atoms with Crippen molar-refractivity contribution in [2.75, 3.05) is 6.54 Å². The first-order valence-electron chi connectivity index (χ1n) is 5.60. The number of hydrogen-bond acceptors (Lipinski definition) is 3. The molecule has 0 fully saturated rings. The van der Waals surface area contributed by atoms with Crippen LogP contribution in [0.25, 0.3) is 0 Å². The molecule has 3 nitrogen and oxygen atoms in total. The van der Waals surface area contributed by atoms with Gasteiger partial charge in [-0.3, -0.25) is 4.79 Å². The minimum atomic E-state index is -4.43. The van der Waals surface area contributed by atoms with Crippen LogP contribution in [0.1, 0.15) is 23.7 Å². The Morgan fingerprint density at radius 1 is 1.42 bits per heavy atom. The fraction of sp³-hybridized carbons (Fsp3) is 0.417. The lowest BCUT2D eigenvalue weighted by atomic mass is 10.2. The van der Waals surface area contributed by atoms with E-state index in [1.165, 1.54) is 24.3 Å². The van der Waals surface area contributed by atoms with Crippen LogP contribution in [-0.2, 0) is 0 Å². The summed E-state index contributed by atoms with van der Waals surface area (Å²) < 4.78 is 37.0. The Labute approximate surface area is 113 Å². The van der Waals surface area contributed by atoms with Gasteiger partial charge in [0.15, 0.2) is 0 Å². The SMILES string of the molecule is CC(O)CCNC(=O)c1ccccc1SC(F)(F)F. The first-order valence-corrected chi connectivity index (χ1v) is 6.42. The monoisotopic (exact) mass is 293 g/mol. The van der Waals surface area contributed by atoms with Crippen LogP contribution in [0, 0.1) is 0 Å². The minimum Gasteiger partial charge on any atom is -0.393 e. The van der Waals surface area contributed by atoms with E-state index in [0.29, 0.717) is 6.42 Å². The second-order valence-electron chi connectivity index (χ2n) is 3.94. The van der Waals surface area contributed by atoms with Crippen LogP contribution in [0.5, 0.6) is 0 Å². The molecule has 0 saturated carbocycles. The number of alkyl halides is 3. The largest absolute Gasteiger partial charge is 0.446 e. The summed E-state index contributed by atoms with van der Waals surface area (Å²) in [5.74, 6) is -0.576. The van der Waals surface area contributed by atoms with Crippen molar-refractivity contribution in [2.24, 2.45) is 0 Å². The van der Waals surface area contributed by atoms with Gasteiger partial charge in [-0.05, 0) is 37.2 Å². The predicted molar refractivity (Wildman–Crippen MR) is 67.0 cm³/mol. The van der Waals surface area contributed by atoms with Crippen molar-refractivity contribution in [1.82, 2.24) is 5.32 Å². The van der Waals surface area contributed by atoms with E-state index in [4.69, 9.17) is 5.11 Å². The number of aliphatic hydroxyl groups is 1. The van der Waals surface area contributed by atoms with Gasteiger partial charge < -0.3 is 10.4 Å². The van der Waals surface area contributed by atoms with Crippen molar-refractivity contribution >= 4 is 17.7 Å². The van der Waals surface area contributed by atoms with Crippen LogP contribution in [0.2, 0.25) is 0 Å². The zero-order valence-corrected chi connectivity index (χ0v) is 11.0. The molecule has 2 N–H and O–H groups in total. The third kappa shape index (κ3) is 5.98. The molecule has 1 aromatic rings. The third-order valence-electron chi connectivity index (χ3n) is 2.21. The molecule has 1 amide bonds. The van der Waals surface area contributed by atoms with Crippen molar-refractivity contribution in [3.63, 3.8) is 0 Å². The predicted octanol–water partition coefficient (Wildman–Crippen LogP) is 2.80. The lowest BCUT2D eigenvalue weighted by Crippen LogP contribution is -2.27. The minimum absolute atomic E-state index is 0.0181. The van der Waals surface area contributed by atoms with Crippen LogP contribution in [-0.4, -0.2) is 29.2 Å². The summed E-state index contributed by atoms with van der Waals surface area (Å²) in [5.41, 5.74) is -4.45. The van der Waals surface area contributed by atoms with Crippen LogP contribution in [0.3, 0.4) is 0 Å². The maximum Gasteiger partial charge on any atom is 0.446 e. The summed E-state index contributed by atoms with van der Waals surface area (Å²) in [4.78, 5) is 11.6. The van der Waals surface area contributed by atoms with Gasteiger partial charge in [-0.25, -0.2) is 0 Å². The summed E-state index contributed by atoms with van der Waals surface area (Å²) in [7, 11) is 0. The standard InChI is InChI=1S/C12H14F3NO2S/c1-8(17)6-7-16-11(18)9-4-2-3-5-10(9)19-12(13,14)15/h2-5,8,17H,6-7H2,1H3,(H,16,18). The lowest BCUT2D eigenvalue weighted by Gasteiger charge is -2.11. The molecule has 106 valence electrons. The smallest absolute Gasteiger partial charge is 0.393 e. The van der Waals surface area contributed by atoms with E-state index in [9.17, 15) is 18.0 Å². The number of benzene rings is 1. The molecule has 0 saturated heterocycles. The van der Waals surface area contributed by atoms with Gasteiger partial charge in [0.05, 0.1) is 11.7 Å². The topological polar surface area (TPSA) is 49.3 Å². The van der Waals surface area contributed by atoms with Gasteiger partial charge in [-0.1, -0.05) is 12.1 Å². The number of amides is 1. The number of rotatable bonds is 5. The molecule has 1 rings (SSSR count). The zero-order valence-electron chi connectivity index (χ0n) is 10.2. The van der Waals surface area contributed by atoms with Gasteiger partial charge in [-0.15, -0.1) is 0 Å². The van der Waals surface area contributed by atoms with Crippen molar-refractivity contribution in [1.29, 1.82) is 0 Å². The fourth-order valence-corrected chi connectivity index (χ4v) is 2.02. The van der Waals surface area contributed by atoms with E-state index >= 15 is 0 Å². The number of halogens is 3. The highest BCUT2D eigenvalue weighted by Crippen LogP contribution is 2.38. The van der Waals surface area contributed by atoms with Gasteiger partial charge in [0.1, 0.15) is 0 Å². The average Bonchev–Trinajstić information content (AvgIpc) is 2.26. The van der Waals surface area contributed by atoms with E-state index in [0.717, 1.165) is 0 Å². The number of carbonyl (C=O) groups excluding carboxylic acids is 1. The summed E-state index contributed by atoms with van der Waals surface area (Å²) in [6.07, 6.45) is -0.222. The maximum absolute atomic E-state index is 12.3. The number of thioether (sulfide) groups is 1. The Kier molecular flexibility index (Phi) is 5.68. The molecule has 0 aromatic heterocycles. The Balaban J connectivity index is 2.74. The van der Waals surface area contributed by atoms with E-state index in [1.807, 2.05) is 0 Å². The van der Waals surface area contributed by atoms with Crippen molar-refractivity contribution < 1.29 is 23.1 Å². The van der Waals surface area contributed by atoms with Crippen LogP contribution in [0.15, 0.2) is 29.2 Å². The molecule has 0 radical (unpaired) electrons. The molecule has 0 bridgehead atoms. The van der Waals surface area contributed by atoms with Gasteiger partial charge in [0.2, 0.25) is 0 Å². The molecule has 0 spiro atoms. The molecule has 1 unspecified atom stereocenters. The Morgan fingerprint density at radius 3 is 2.63 bits per heavy atom. The summed E-state index contributed by atoms with van der Waals surface area (Å²) in [6.45, 7) is 1.78. The Bertz CT molecular complexity index is 435. The zero-order chi connectivity index (χ0) is 14.5. The second kappa shape index (κ2) is 6.81. The summed E-state index contributed by atoms with van der Waals surface area (Å²) in [6, 6.07) is 5.54. The van der Waals surface area contributed by atoms with Crippen molar-refractivity contribution in [3.05, 3.63) is 29.8 Å². The summed E-state index contributed by atoms with van der Waals surface area (Å²) >= 11 is -0.315. The second-order valence-corrected chi connectivity index (χ2v) is 5.04. The molecule has 0 aliphatic heterocycles. The highest BCUT2D eigenvalue weighted by atomic mass is 32.2. The van der Waals surface area contributed by atoms with Crippen molar-refractivity contribution in [3.8, 4) is 0 Å². The molecule has 0 heterocycles. The van der Waals surface area contributed by atoms with Crippen LogP contribution < -0.4 is 5.32 Å². The van der Waals surface area contributed by atoms with Crippen LogP contribution >= 0.6 is 11.8 Å². The number of aliphatic hydroxyl groups excluding tert-OH is 1. The summed E-state index contributed by atoms with van der Waals surface area (Å²) in [5, 5.41) is 11.5. The van der Waals surface area contributed by atoms with E-state index in [-0.39, 0.29) is 28.8 Å². The van der Waals surface area contributed by atoms with Gasteiger partial charge in [-0.2, -0.15) is 13.2 Å². The van der Waals surface area contributed by atoms with Gasteiger partial charge in [0.25, 0.3) is 5.91 Å². The molecular weight excluding hydrogens is 279 g/mol. The highest BCUT2D eigenvalue weighted by molar-refractivity contribution is 8.00. The van der Waals surface area contributed by atoms with E-state index in [1.54, 1.807) is 6.92 Å². The molecule has 0 aliphatic carbocycles. The molecule has 19 heavy (non-hydrogen) atoms. The highest BCUT2D eigenvalue weighted by Gasteiger charge is 2.31. The lowest BCUT2D eigenvalue weighted by molar-refractivity contribution is -0.0328. The Morgan fingerprint density at radius 2 is 2.05 bits per heavy atom. The number of nitrogens with one attached hydrogen (secondary N) is 1. The van der Waals surface area contributed by atoms with E-state index in [2.05, 4.69) is 5.32 Å². The van der Waals surface area contributed by atoms with Gasteiger partial charge >= 0.3 is 5.51 Å². The fourth-order valence-electron chi connectivity index (χ4n) is 1.36. The molecule has 1 aromatic carbocycles. The average molecular weight is 293 g/mol. The number of carbonyl (C=O) groups is 1. The first-order chi connectivity index (χ1) is 8.79. The van der Waals surface area contributed by atoms with Crippen molar-refractivity contribution in [2.45, 2.75) is 29.9 Å². The molecule has 7 heteroatoms. The third-order valence-corrected chi connectivity index (χ3v) is 3.01. The normalized spacial score (nSPS) is 13.1. The van der Waals surface area contributed by atoms with Gasteiger partial charge in [0, 0.05) is 11.4 Å².